The van der Waals surface area contributed by atoms with Gasteiger partial charge in [0.05, 0.1) is 22.6 Å². The molecule has 1 heterocycles. The van der Waals surface area contributed by atoms with E-state index < -0.39 is 30.0 Å². The van der Waals surface area contributed by atoms with Crippen molar-refractivity contribution in [3.05, 3.63) is 48.3 Å². The molecule has 0 spiro atoms. The molecule has 0 unspecified atom stereocenters. The average molecular weight is 521 g/mol. The van der Waals surface area contributed by atoms with E-state index in [9.17, 15) is 25.9 Å². The maximum Gasteiger partial charge on any atom is 1.00 e. The van der Waals surface area contributed by atoms with E-state index in [1.807, 2.05) is 0 Å². The van der Waals surface area contributed by atoms with Gasteiger partial charge in [-0.3, -0.25) is 0 Å². The Morgan fingerprint density at radius 1 is 0.912 bits per heavy atom. The van der Waals surface area contributed by atoms with E-state index >= 15 is 0 Å². The molecule has 15 heteroatoms. The van der Waals surface area contributed by atoms with Gasteiger partial charge in [-0.1, -0.05) is 21.9 Å². The number of hydrogen-bond donors (Lipinski definition) is 1. The molecule has 0 aliphatic heterocycles. The Morgan fingerprint density at radius 3 is 2.15 bits per heavy atom. The largest absolute Gasteiger partial charge is 1.00 e. The first kappa shape index (κ1) is 28.8. The Morgan fingerprint density at radius 2 is 1.56 bits per heavy atom. The molecule has 4 rings (SSSR count). The van der Waals surface area contributed by atoms with Gasteiger partial charge in [0.1, 0.15) is 26.0 Å². The fraction of sp³-hybridized carbons (Fsp3) is 0.105. The van der Waals surface area contributed by atoms with Crippen LogP contribution in [0.25, 0.3) is 27.5 Å². The summed E-state index contributed by atoms with van der Waals surface area (Å²) < 4.78 is 77.5. The number of benzene rings is 3. The predicted molar refractivity (Wildman–Crippen MR) is 110 cm³/mol. The molecule has 1 aromatic heterocycles. The Hall–Kier alpha value is -1.39. The Labute approximate surface area is 239 Å². The molecule has 0 atom stereocenters. The van der Waals surface area contributed by atoms with Crippen LogP contribution in [0.2, 0.25) is 0 Å². The molecule has 0 amide bonds. The van der Waals surface area contributed by atoms with Crippen molar-refractivity contribution in [2.24, 2.45) is 0 Å². The van der Waals surface area contributed by atoms with Gasteiger partial charge in [0, 0.05) is 35.9 Å². The first-order chi connectivity index (χ1) is 14.9. The molecule has 3 aromatic carbocycles. The summed E-state index contributed by atoms with van der Waals surface area (Å²) >= 11 is 0. The molecule has 34 heavy (non-hydrogen) atoms. The van der Waals surface area contributed by atoms with Crippen molar-refractivity contribution in [3.8, 4) is 11.4 Å². The third-order valence-electron chi connectivity index (χ3n) is 4.81. The van der Waals surface area contributed by atoms with Crippen molar-refractivity contribution in [1.82, 2.24) is 10.1 Å². The topological polar surface area (TPSA) is 179 Å². The summed E-state index contributed by atoms with van der Waals surface area (Å²) in [4.78, 5) is 3.03. The number of hydrogen-bond acceptors (Lipinski definition) is 10. The van der Waals surface area contributed by atoms with Gasteiger partial charge in [0.25, 0.3) is 0 Å². The van der Waals surface area contributed by atoms with Gasteiger partial charge in [-0.05, 0) is 17.1 Å². The number of anilines is 1. The first-order valence-electron chi connectivity index (χ1n) is 8.93. The van der Waals surface area contributed by atoms with E-state index in [2.05, 4.69) is 10.1 Å². The molecule has 11 nitrogen and oxygen atoms in total. The normalized spacial score (nSPS) is 11.6. The second-order valence-corrected chi connectivity index (χ2v) is 9.55. The van der Waals surface area contributed by atoms with Crippen LogP contribution in [0.5, 0.6) is 5.75 Å². The van der Waals surface area contributed by atoms with Gasteiger partial charge < -0.3 is 19.6 Å². The van der Waals surface area contributed by atoms with Crippen molar-refractivity contribution in [3.63, 3.8) is 0 Å². The van der Waals surface area contributed by atoms with Crippen molar-refractivity contribution in [1.29, 1.82) is 0 Å². The van der Waals surface area contributed by atoms with E-state index in [0.717, 1.165) is 12.1 Å². The minimum Gasteiger partial charge on any atom is -0.744 e. The van der Waals surface area contributed by atoms with Crippen molar-refractivity contribution in [2.45, 2.75) is 16.7 Å². The molecule has 0 saturated heterocycles. The maximum absolute atomic E-state index is 12.0. The zero-order chi connectivity index (χ0) is 23.4. The fourth-order valence-electron chi connectivity index (χ4n) is 3.42. The molecular formula is C19H15N4Na2O7S2+. The second-order valence-electron chi connectivity index (χ2n) is 6.86. The number of fused-ring (bicyclic) bond motifs is 2. The van der Waals surface area contributed by atoms with Crippen LogP contribution in [0.15, 0.2) is 52.3 Å². The van der Waals surface area contributed by atoms with Gasteiger partial charge in [-0.2, -0.15) is 0 Å². The smallest absolute Gasteiger partial charge is 0.744 e. The summed E-state index contributed by atoms with van der Waals surface area (Å²) in [6.45, 7) is 1.57. The van der Waals surface area contributed by atoms with Crippen LogP contribution < -0.4 is 74.3 Å². The van der Waals surface area contributed by atoms with E-state index in [1.165, 1.54) is 36.1 Å². The molecule has 0 saturated carbocycles. The second kappa shape index (κ2) is 10.3. The minimum absolute atomic E-state index is 0. The molecule has 0 radical (unpaired) electrons. The van der Waals surface area contributed by atoms with Crippen LogP contribution in [0.4, 0.5) is 5.69 Å². The molecular weight excluding hydrogens is 506 g/mol. The van der Waals surface area contributed by atoms with Crippen LogP contribution in [0, 0.1) is 6.92 Å². The summed E-state index contributed by atoms with van der Waals surface area (Å²) in [6.07, 6.45) is 0. The number of nitrogen functional groups attached to an aromatic ring is 1. The number of methoxy groups -OCH3 is 1. The summed E-state index contributed by atoms with van der Waals surface area (Å²) in [6, 6.07) is 8.85. The van der Waals surface area contributed by atoms with Gasteiger partial charge >= 0.3 is 64.9 Å². The summed E-state index contributed by atoms with van der Waals surface area (Å²) in [5.74, 6) is 0.612. The van der Waals surface area contributed by atoms with Crippen LogP contribution in [-0.2, 0) is 20.2 Å². The van der Waals surface area contributed by atoms with Gasteiger partial charge in [0.15, 0.2) is 11.2 Å². The van der Waals surface area contributed by atoms with Crippen LogP contribution in [-0.4, -0.2) is 43.1 Å². The number of aryl methyl sites for hydroxylation is 1. The number of ether oxygens (including phenoxy) is 1. The van der Waals surface area contributed by atoms with Crippen molar-refractivity contribution >= 4 is 47.7 Å². The zero-order valence-corrected chi connectivity index (χ0v) is 24.3. The van der Waals surface area contributed by atoms with Gasteiger partial charge in [-0.15, -0.1) is 0 Å². The summed E-state index contributed by atoms with van der Waals surface area (Å²) in [5, 5.41) is 3.99. The van der Waals surface area contributed by atoms with Gasteiger partial charge in [-0.25, -0.2) is 16.8 Å². The standard InChI is InChI=1S/C19H16N4O7S2.2Na/c1-10-21-15-8-14(20)17(30-2)9-16(15)22-23(10)11-6-13-12(19(7-11)32(27,28)29)4-3-5-18(13)31(24,25)26;;/h3-9,20H,1-2H3,(H2,24,25,26,27,28,29);;/q;2*+1/p-1. The molecule has 166 valence electrons. The van der Waals surface area contributed by atoms with Crippen LogP contribution in [0.1, 0.15) is 5.82 Å². The third kappa shape index (κ3) is 5.38. The molecule has 2 N–H and O–H groups in total. The van der Waals surface area contributed by atoms with Crippen LogP contribution in [0.3, 0.4) is 0 Å². The Bertz CT molecular complexity index is 1650. The summed E-state index contributed by atoms with van der Waals surface area (Å²) in [5.41, 5.74) is 7.01. The van der Waals surface area contributed by atoms with E-state index in [1.54, 1.807) is 13.0 Å². The third-order valence-corrected chi connectivity index (χ3v) is 6.58. The first-order valence-corrected chi connectivity index (χ1v) is 11.7. The number of aromatic nitrogens is 3. The molecule has 0 aliphatic rings. The van der Waals surface area contributed by atoms with Crippen molar-refractivity contribution < 1.29 is 94.5 Å². The summed E-state index contributed by atoms with van der Waals surface area (Å²) in [7, 11) is -8.59. The zero-order valence-electron chi connectivity index (χ0n) is 18.6. The molecule has 0 bridgehead atoms. The van der Waals surface area contributed by atoms with Gasteiger partial charge in [0.2, 0.25) is 5.52 Å². The quantitative estimate of drug-likeness (QED) is 0.118. The molecule has 0 aliphatic carbocycles. The van der Waals surface area contributed by atoms with E-state index in [0.29, 0.717) is 22.5 Å². The number of rotatable bonds is 4. The SMILES string of the molecule is COc1cc2n[n+](-c3cc(S(=O)(=O)[O-])c4cccc(S(=O)(=O)[O-])c4c3)c(C)nc2cc1N.[Na+].[Na+]. The fourth-order valence-corrected chi connectivity index (χ4v) is 4.82. The number of nitrogens with two attached hydrogens (primary N) is 1. The molecule has 4 aromatic rings. The Balaban J connectivity index is 0.00000204. The predicted octanol–water partition coefficient (Wildman–Crippen LogP) is -5.22. The monoisotopic (exact) mass is 521 g/mol. The van der Waals surface area contributed by atoms with Crippen LogP contribution >= 0.6 is 0 Å². The Kier molecular flexibility index (Phi) is 8.74. The van der Waals surface area contributed by atoms with E-state index in [4.69, 9.17) is 10.5 Å². The molecule has 0 fully saturated rings. The van der Waals surface area contributed by atoms with Crippen molar-refractivity contribution in [2.75, 3.05) is 12.8 Å². The average Bonchev–Trinajstić information content (AvgIpc) is 2.70. The maximum atomic E-state index is 12.0. The van der Waals surface area contributed by atoms with E-state index in [-0.39, 0.29) is 81.4 Å². The number of nitrogens with zero attached hydrogens (tertiary/aromatic N) is 3. The minimum atomic E-state index is -5.04.